The summed E-state index contributed by atoms with van der Waals surface area (Å²) in [5.41, 5.74) is 0. The third kappa shape index (κ3) is 1.42. The zero-order chi connectivity index (χ0) is 7.40. The van der Waals surface area contributed by atoms with Crippen LogP contribution in [0.5, 0.6) is 0 Å². The molecule has 0 aliphatic carbocycles. The molecule has 4 nitrogen and oxygen atoms in total. The van der Waals surface area contributed by atoms with Gasteiger partial charge in [-0.05, 0) is 6.42 Å². The van der Waals surface area contributed by atoms with Crippen molar-refractivity contribution in [2.75, 3.05) is 5.32 Å². The Morgan fingerprint density at radius 2 is 2.50 bits per heavy atom. The fourth-order valence-electron chi connectivity index (χ4n) is 0.495. The van der Waals surface area contributed by atoms with E-state index < -0.39 is 0 Å². The average molecular weight is 154 g/mol. The van der Waals surface area contributed by atoms with Gasteiger partial charge < -0.3 is 0 Å². The Hall–Kier alpha value is -1.15. The van der Waals surface area contributed by atoms with Gasteiger partial charge in [0, 0.05) is 0 Å². The van der Waals surface area contributed by atoms with E-state index in [2.05, 4.69) is 15.5 Å². The van der Waals surface area contributed by atoms with E-state index in [-0.39, 0.29) is 0 Å². The lowest BCUT2D eigenvalue weighted by molar-refractivity contribution is 0.986. The number of hydrogen-bond donors (Lipinski definition) is 1. The second kappa shape index (κ2) is 3.13. The fourth-order valence-corrected chi connectivity index (χ4v) is 1.12. The van der Waals surface area contributed by atoms with Gasteiger partial charge in [-0.3, -0.25) is 5.32 Å². The van der Waals surface area contributed by atoms with E-state index in [0.29, 0.717) is 5.13 Å². The van der Waals surface area contributed by atoms with Crippen LogP contribution in [0, 0.1) is 11.5 Å². The van der Waals surface area contributed by atoms with Crippen LogP contribution in [-0.4, -0.2) is 10.2 Å². The predicted octanol–water partition coefficient (Wildman–Crippen LogP) is 0.993. The third-order valence-corrected chi connectivity index (χ3v) is 1.92. The molecule has 0 fully saturated rings. The zero-order valence-corrected chi connectivity index (χ0v) is 6.27. The van der Waals surface area contributed by atoms with E-state index >= 15 is 0 Å². The van der Waals surface area contributed by atoms with Gasteiger partial charge in [-0.2, -0.15) is 5.26 Å². The minimum Gasteiger partial charge on any atom is -0.267 e. The van der Waals surface area contributed by atoms with Gasteiger partial charge in [0.05, 0.1) is 0 Å². The lowest BCUT2D eigenvalue weighted by Gasteiger charge is -1.80. The maximum Gasteiger partial charge on any atom is 0.218 e. The lowest BCUT2D eigenvalue weighted by Crippen LogP contribution is -1.84. The molecule has 0 saturated carbocycles. The first-order valence-electron chi connectivity index (χ1n) is 2.84. The number of nitriles is 1. The van der Waals surface area contributed by atoms with Crippen LogP contribution in [0.2, 0.25) is 0 Å². The molecule has 1 N–H and O–H groups in total. The Bertz CT molecular complexity index is 248. The first-order chi connectivity index (χ1) is 4.86. The molecule has 0 radical (unpaired) electrons. The summed E-state index contributed by atoms with van der Waals surface area (Å²) in [6.07, 6.45) is 2.65. The van der Waals surface area contributed by atoms with E-state index in [4.69, 9.17) is 5.26 Å². The molecule has 1 heterocycles. The Morgan fingerprint density at radius 3 is 3.00 bits per heavy atom. The molecule has 0 aromatic carbocycles. The highest BCUT2D eigenvalue weighted by atomic mass is 32.1. The van der Waals surface area contributed by atoms with E-state index in [1.807, 2.05) is 6.92 Å². The molecular weight excluding hydrogens is 148 g/mol. The van der Waals surface area contributed by atoms with E-state index in [9.17, 15) is 0 Å². The van der Waals surface area contributed by atoms with Crippen LogP contribution in [-0.2, 0) is 6.42 Å². The minimum atomic E-state index is 0.569. The lowest BCUT2D eigenvalue weighted by atomic mass is 10.5. The highest BCUT2D eigenvalue weighted by Gasteiger charge is 1.98. The van der Waals surface area contributed by atoms with Gasteiger partial charge in [-0.15, -0.1) is 10.2 Å². The first-order valence-corrected chi connectivity index (χ1v) is 3.66. The fraction of sp³-hybridized carbons (Fsp3) is 0.400. The Balaban J connectivity index is 2.70. The van der Waals surface area contributed by atoms with Crippen molar-refractivity contribution in [2.24, 2.45) is 0 Å². The third-order valence-electron chi connectivity index (χ3n) is 0.932. The number of nitrogens with one attached hydrogen (secondary N) is 1. The van der Waals surface area contributed by atoms with Crippen molar-refractivity contribution in [1.29, 1.82) is 5.26 Å². The molecule has 1 aromatic heterocycles. The summed E-state index contributed by atoms with van der Waals surface area (Å²) in [5, 5.41) is 19.6. The van der Waals surface area contributed by atoms with Crippen LogP contribution < -0.4 is 5.32 Å². The minimum absolute atomic E-state index is 0.569. The summed E-state index contributed by atoms with van der Waals surface area (Å²) < 4.78 is 0. The molecule has 0 aliphatic rings. The number of aromatic nitrogens is 2. The molecule has 0 unspecified atom stereocenters. The summed E-state index contributed by atoms with van der Waals surface area (Å²) in [4.78, 5) is 0. The molecule has 10 heavy (non-hydrogen) atoms. The van der Waals surface area contributed by atoms with Gasteiger partial charge in [0.25, 0.3) is 0 Å². The Morgan fingerprint density at radius 1 is 1.70 bits per heavy atom. The number of nitrogens with zero attached hydrogens (tertiary/aromatic N) is 3. The molecule has 0 saturated heterocycles. The molecule has 0 atom stereocenters. The Kier molecular flexibility index (Phi) is 2.18. The summed E-state index contributed by atoms with van der Waals surface area (Å²) in [6, 6.07) is 0. The van der Waals surface area contributed by atoms with Crippen LogP contribution in [0.15, 0.2) is 0 Å². The molecule has 1 aromatic rings. The predicted molar refractivity (Wildman–Crippen MR) is 38.5 cm³/mol. The monoisotopic (exact) mass is 154 g/mol. The molecule has 0 bridgehead atoms. The molecule has 0 amide bonds. The smallest absolute Gasteiger partial charge is 0.218 e. The summed E-state index contributed by atoms with van der Waals surface area (Å²) >= 11 is 1.40. The molecule has 52 valence electrons. The van der Waals surface area contributed by atoms with Crippen molar-refractivity contribution in [3.05, 3.63) is 5.01 Å². The van der Waals surface area contributed by atoms with Crippen LogP contribution in [0.4, 0.5) is 5.13 Å². The Labute approximate surface area is 62.5 Å². The number of hydrogen-bond acceptors (Lipinski definition) is 5. The van der Waals surface area contributed by atoms with Crippen LogP contribution in [0.25, 0.3) is 0 Å². The van der Waals surface area contributed by atoms with Gasteiger partial charge >= 0.3 is 0 Å². The average Bonchev–Trinajstić information content (AvgIpc) is 2.37. The molecule has 1 rings (SSSR count). The highest BCUT2D eigenvalue weighted by Crippen LogP contribution is 2.14. The maximum atomic E-state index is 8.18. The second-order valence-electron chi connectivity index (χ2n) is 1.59. The zero-order valence-electron chi connectivity index (χ0n) is 5.46. The topological polar surface area (TPSA) is 61.6 Å². The standard InChI is InChI=1S/C5H6N4S/c1-2-4-8-9-5(10-4)7-3-6/h2H2,1H3,(H,7,9). The van der Waals surface area contributed by atoms with E-state index in [1.165, 1.54) is 11.3 Å². The van der Waals surface area contributed by atoms with Crippen molar-refractivity contribution in [3.8, 4) is 6.19 Å². The first kappa shape index (κ1) is 6.96. The van der Waals surface area contributed by atoms with Gasteiger partial charge in [0.15, 0.2) is 6.19 Å². The largest absolute Gasteiger partial charge is 0.267 e. The van der Waals surface area contributed by atoms with Gasteiger partial charge in [-0.1, -0.05) is 18.3 Å². The number of aryl methyl sites for hydroxylation is 1. The number of anilines is 1. The summed E-state index contributed by atoms with van der Waals surface area (Å²) in [7, 11) is 0. The molecule has 5 heteroatoms. The van der Waals surface area contributed by atoms with Gasteiger partial charge in [0.1, 0.15) is 5.01 Å². The van der Waals surface area contributed by atoms with Crippen molar-refractivity contribution in [2.45, 2.75) is 13.3 Å². The summed E-state index contributed by atoms with van der Waals surface area (Å²) in [5.74, 6) is 0. The van der Waals surface area contributed by atoms with Crippen molar-refractivity contribution in [1.82, 2.24) is 10.2 Å². The van der Waals surface area contributed by atoms with Crippen molar-refractivity contribution < 1.29 is 0 Å². The van der Waals surface area contributed by atoms with Crippen LogP contribution in [0.1, 0.15) is 11.9 Å². The van der Waals surface area contributed by atoms with Gasteiger partial charge in [-0.25, -0.2) is 0 Å². The molecule has 0 spiro atoms. The van der Waals surface area contributed by atoms with Crippen molar-refractivity contribution in [3.63, 3.8) is 0 Å². The highest BCUT2D eigenvalue weighted by molar-refractivity contribution is 7.15. The number of rotatable bonds is 2. The van der Waals surface area contributed by atoms with Crippen LogP contribution in [0.3, 0.4) is 0 Å². The van der Waals surface area contributed by atoms with Crippen molar-refractivity contribution >= 4 is 16.5 Å². The van der Waals surface area contributed by atoms with E-state index in [0.717, 1.165) is 11.4 Å². The summed E-state index contributed by atoms with van der Waals surface area (Å²) in [6.45, 7) is 2.00. The van der Waals surface area contributed by atoms with Gasteiger partial charge in [0.2, 0.25) is 5.13 Å². The SMILES string of the molecule is CCc1nnc(NC#N)s1. The van der Waals surface area contributed by atoms with Crippen LogP contribution >= 0.6 is 11.3 Å². The molecular formula is C5H6N4S. The van der Waals surface area contributed by atoms with E-state index in [1.54, 1.807) is 6.19 Å². The quantitative estimate of drug-likeness (QED) is 0.509. The maximum absolute atomic E-state index is 8.18. The normalized spacial score (nSPS) is 8.80. The second-order valence-corrected chi connectivity index (χ2v) is 2.65. The molecule has 0 aliphatic heterocycles.